The van der Waals surface area contributed by atoms with Gasteiger partial charge in [-0.15, -0.1) is 0 Å². The number of carbonyl (C=O) groups excluding carboxylic acids is 1. The third-order valence-corrected chi connectivity index (χ3v) is 4.75. The number of benzene rings is 1. The molecular weight excluding hydrogens is 413 g/mol. The second-order valence-electron chi connectivity index (χ2n) is 5.44. The van der Waals surface area contributed by atoms with Crippen molar-refractivity contribution in [1.29, 1.82) is 0 Å². The predicted molar refractivity (Wildman–Crippen MR) is 96.3 cm³/mol. The van der Waals surface area contributed by atoms with E-state index >= 15 is 0 Å². The van der Waals surface area contributed by atoms with Gasteiger partial charge < -0.3 is 5.32 Å². The lowest BCUT2D eigenvalue weighted by molar-refractivity contribution is 0.102. The fourth-order valence-electron chi connectivity index (χ4n) is 2.30. The largest absolute Gasteiger partial charge is 0.304 e. The first-order valence-corrected chi connectivity index (χ1v) is 8.49. The molecule has 0 aliphatic rings. The number of aryl methyl sites for hydroxylation is 1. The van der Waals surface area contributed by atoms with Crippen molar-refractivity contribution in [1.82, 2.24) is 19.6 Å². The van der Waals surface area contributed by atoms with Gasteiger partial charge in [-0.1, -0.05) is 17.7 Å². The monoisotopic (exact) mass is 425 g/mol. The molecule has 0 saturated carbocycles. The molecule has 0 unspecified atom stereocenters. The lowest BCUT2D eigenvalue weighted by atomic mass is 10.2. The van der Waals surface area contributed by atoms with Crippen LogP contribution < -0.4 is 5.32 Å². The summed E-state index contributed by atoms with van der Waals surface area (Å²) in [4.78, 5) is 12.4. The van der Waals surface area contributed by atoms with Crippen LogP contribution in [0.4, 0.5) is 10.2 Å². The smallest absolute Gasteiger partial charge is 0.260 e. The molecule has 2 aromatic heterocycles. The van der Waals surface area contributed by atoms with Gasteiger partial charge in [-0.25, -0.2) is 4.39 Å². The van der Waals surface area contributed by atoms with E-state index in [0.717, 1.165) is 5.69 Å². The standard InChI is InChI=1S/C16H14BrClFN5O/c1-9-10(6-20-23(9)2)16(25)21-15-12(17)8-24(22-15)7-11-13(18)4-3-5-14(11)19/h3-6,8H,7H2,1-2H3,(H,21,22,25). The van der Waals surface area contributed by atoms with E-state index in [1.165, 1.54) is 16.9 Å². The van der Waals surface area contributed by atoms with Crippen LogP contribution in [0.15, 0.2) is 35.1 Å². The van der Waals surface area contributed by atoms with Crippen molar-refractivity contribution in [2.24, 2.45) is 7.05 Å². The first-order valence-electron chi connectivity index (χ1n) is 7.32. The quantitative estimate of drug-likeness (QED) is 0.690. The Labute approximate surface area is 156 Å². The molecular formula is C16H14BrClFN5O. The van der Waals surface area contributed by atoms with Gasteiger partial charge >= 0.3 is 0 Å². The van der Waals surface area contributed by atoms with Crippen LogP contribution in [-0.4, -0.2) is 25.5 Å². The van der Waals surface area contributed by atoms with Crippen LogP contribution in [0.2, 0.25) is 5.02 Å². The first kappa shape index (κ1) is 17.6. The summed E-state index contributed by atoms with van der Waals surface area (Å²) >= 11 is 9.38. The third-order valence-electron chi connectivity index (χ3n) is 3.81. The minimum atomic E-state index is -0.407. The SMILES string of the molecule is Cc1c(C(=O)Nc2nn(Cc3c(F)cccc3Cl)cc2Br)cnn1C. The highest BCUT2D eigenvalue weighted by atomic mass is 79.9. The second-order valence-corrected chi connectivity index (χ2v) is 6.71. The number of anilines is 1. The zero-order valence-corrected chi connectivity index (χ0v) is 15.8. The van der Waals surface area contributed by atoms with Crippen LogP contribution in [0.25, 0.3) is 0 Å². The highest BCUT2D eigenvalue weighted by molar-refractivity contribution is 9.10. The van der Waals surface area contributed by atoms with Crippen LogP contribution >= 0.6 is 27.5 Å². The van der Waals surface area contributed by atoms with Gasteiger partial charge in [0, 0.05) is 29.5 Å². The van der Waals surface area contributed by atoms with Crippen molar-refractivity contribution in [2.75, 3.05) is 5.32 Å². The Balaban J connectivity index is 1.81. The van der Waals surface area contributed by atoms with Gasteiger partial charge in [0.25, 0.3) is 5.91 Å². The summed E-state index contributed by atoms with van der Waals surface area (Å²) in [5.41, 5.74) is 1.53. The molecule has 0 saturated heterocycles. The molecule has 0 aliphatic carbocycles. The number of hydrogen-bond donors (Lipinski definition) is 1. The van der Waals surface area contributed by atoms with Crippen molar-refractivity contribution in [2.45, 2.75) is 13.5 Å². The normalized spacial score (nSPS) is 10.9. The van der Waals surface area contributed by atoms with Gasteiger partial charge in [0.1, 0.15) is 5.82 Å². The van der Waals surface area contributed by atoms with Crippen LogP contribution in [0.5, 0.6) is 0 Å². The van der Waals surface area contributed by atoms with Crippen LogP contribution in [0, 0.1) is 12.7 Å². The highest BCUT2D eigenvalue weighted by Crippen LogP contribution is 2.24. The van der Waals surface area contributed by atoms with Gasteiger partial charge in [0.2, 0.25) is 0 Å². The van der Waals surface area contributed by atoms with Crippen molar-refractivity contribution in [3.63, 3.8) is 0 Å². The minimum absolute atomic E-state index is 0.145. The van der Waals surface area contributed by atoms with Gasteiger partial charge in [0.05, 0.1) is 22.8 Å². The average Bonchev–Trinajstić information content (AvgIpc) is 3.07. The number of amides is 1. The van der Waals surface area contributed by atoms with E-state index in [9.17, 15) is 9.18 Å². The van der Waals surface area contributed by atoms with Gasteiger partial charge in [0.15, 0.2) is 5.82 Å². The molecule has 0 spiro atoms. The summed E-state index contributed by atoms with van der Waals surface area (Å²) in [7, 11) is 1.76. The summed E-state index contributed by atoms with van der Waals surface area (Å²) in [6.45, 7) is 1.95. The van der Waals surface area contributed by atoms with E-state index in [-0.39, 0.29) is 12.5 Å². The molecule has 2 heterocycles. The van der Waals surface area contributed by atoms with E-state index in [2.05, 4.69) is 31.4 Å². The molecule has 6 nitrogen and oxygen atoms in total. The predicted octanol–water partition coefficient (Wildman–Crippen LogP) is 3.78. The van der Waals surface area contributed by atoms with E-state index in [1.54, 1.807) is 37.0 Å². The zero-order chi connectivity index (χ0) is 18.1. The first-order chi connectivity index (χ1) is 11.9. The van der Waals surface area contributed by atoms with Gasteiger partial charge in [-0.05, 0) is 35.0 Å². The van der Waals surface area contributed by atoms with Crippen molar-refractivity contribution < 1.29 is 9.18 Å². The molecule has 1 amide bonds. The molecule has 0 aliphatic heterocycles. The maximum absolute atomic E-state index is 13.9. The molecule has 0 atom stereocenters. The molecule has 3 aromatic rings. The van der Waals surface area contributed by atoms with Gasteiger partial charge in [-0.2, -0.15) is 10.2 Å². The topological polar surface area (TPSA) is 64.7 Å². The Kier molecular flexibility index (Phi) is 4.91. The summed E-state index contributed by atoms with van der Waals surface area (Å²) < 4.78 is 17.6. The number of nitrogens with one attached hydrogen (secondary N) is 1. The third kappa shape index (κ3) is 3.59. The van der Waals surface area contributed by atoms with Gasteiger partial charge in [-0.3, -0.25) is 14.2 Å². The number of carbonyl (C=O) groups is 1. The van der Waals surface area contributed by atoms with Crippen molar-refractivity contribution in [3.8, 4) is 0 Å². The fourth-order valence-corrected chi connectivity index (χ4v) is 2.94. The molecule has 130 valence electrons. The average molecular weight is 427 g/mol. The van der Waals surface area contributed by atoms with Crippen molar-refractivity contribution in [3.05, 3.63) is 62.7 Å². The fraction of sp³-hybridized carbons (Fsp3) is 0.188. The van der Waals surface area contributed by atoms with Crippen molar-refractivity contribution >= 4 is 39.3 Å². The van der Waals surface area contributed by atoms with E-state index < -0.39 is 5.82 Å². The minimum Gasteiger partial charge on any atom is -0.304 e. The highest BCUT2D eigenvalue weighted by Gasteiger charge is 2.17. The van der Waals surface area contributed by atoms with E-state index in [4.69, 9.17) is 11.6 Å². The molecule has 0 bridgehead atoms. The maximum atomic E-state index is 13.9. The summed E-state index contributed by atoms with van der Waals surface area (Å²) in [5.74, 6) is -0.392. The zero-order valence-electron chi connectivity index (χ0n) is 13.4. The summed E-state index contributed by atoms with van der Waals surface area (Å²) in [5, 5.41) is 11.4. The number of halogens is 3. The van der Waals surface area contributed by atoms with E-state index in [0.29, 0.717) is 26.4 Å². The van der Waals surface area contributed by atoms with Crippen LogP contribution in [-0.2, 0) is 13.6 Å². The number of aromatic nitrogens is 4. The Bertz CT molecular complexity index is 932. The molecule has 0 fully saturated rings. The molecule has 25 heavy (non-hydrogen) atoms. The lowest BCUT2D eigenvalue weighted by Crippen LogP contribution is -2.14. The lowest BCUT2D eigenvalue weighted by Gasteiger charge is -2.06. The number of hydrogen-bond acceptors (Lipinski definition) is 3. The Morgan fingerprint density at radius 1 is 1.44 bits per heavy atom. The molecule has 3 rings (SSSR count). The molecule has 1 aromatic carbocycles. The maximum Gasteiger partial charge on any atom is 0.260 e. The molecule has 1 N–H and O–H groups in total. The summed E-state index contributed by atoms with van der Waals surface area (Å²) in [6.07, 6.45) is 3.14. The number of rotatable bonds is 4. The Morgan fingerprint density at radius 2 is 2.20 bits per heavy atom. The Hall–Kier alpha value is -2.19. The van der Waals surface area contributed by atoms with Crippen LogP contribution in [0.1, 0.15) is 21.6 Å². The molecule has 9 heteroatoms. The summed E-state index contributed by atoms with van der Waals surface area (Å²) in [6, 6.07) is 4.50. The number of nitrogens with zero attached hydrogens (tertiary/aromatic N) is 4. The Morgan fingerprint density at radius 3 is 2.84 bits per heavy atom. The van der Waals surface area contributed by atoms with Crippen LogP contribution in [0.3, 0.4) is 0 Å². The second kappa shape index (κ2) is 6.97. The molecule has 0 radical (unpaired) electrons. The van der Waals surface area contributed by atoms with E-state index in [1.807, 2.05) is 0 Å².